The van der Waals surface area contributed by atoms with Crippen LogP contribution in [-0.4, -0.2) is 60.1 Å². The first-order valence-electron chi connectivity index (χ1n) is 8.19. The van der Waals surface area contributed by atoms with E-state index in [1.165, 1.54) is 12.8 Å². The predicted octanol–water partition coefficient (Wildman–Crippen LogP) is 1.04. The lowest BCUT2D eigenvalue weighted by Gasteiger charge is -2.34. The predicted molar refractivity (Wildman–Crippen MR) is 85.6 cm³/mol. The highest BCUT2D eigenvalue weighted by molar-refractivity contribution is 5.78. The van der Waals surface area contributed by atoms with Crippen LogP contribution in [0.5, 0.6) is 5.75 Å². The van der Waals surface area contributed by atoms with E-state index >= 15 is 0 Å². The Labute approximate surface area is 131 Å². The van der Waals surface area contributed by atoms with Crippen LogP contribution >= 0.6 is 0 Å². The molecule has 22 heavy (non-hydrogen) atoms. The van der Waals surface area contributed by atoms with Gasteiger partial charge >= 0.3 is 0 Å². The maximum Gasteiger partial charge on any atom is 0.236 e. The highest BCUT2D eigenvalue weighted by Gasteiger charge is 2.23. The van der Waals surface area contributed by atoms with E-state index in [1.54, 1.807) is 12.1 Å². The van der Waals surface area contributed by atoms with Gasteiger partial charge in [0.1, 0.15) is 5.75 Å². The number of carbonyl (C=O) groups excluding carboxylic acids is 1. The van der Waals surface area contributed by atoms with Gasteiger partial charge in [0.15, 0.2) is 0 Å². The second-order valence-electron chi connectivity index (χ2n) is 6.40. The van der Waals surface area contributed by atoms with Gasteiger partial charge in [-0.05, 0) is 43.0 Å². The highest BCUT2D eigenvalue weighted by Crippen LogP contribution is 2.27. The molecular formula is C17H25N3O2. The van der Waals surface area contributed by atoms with E-state index in [4.69, 9.17) is 0 Å². The average molecular weight is 303 g/mol. The number of nitrogens with one attached hydrogen (secondary N) is 1. The van der Waals surface area contributed by atoms with Crippen LogP contribution < -0.4 is 5.32 Å². The third-order valence-corrected chi connectivity index (χ3v) is 4.45. The molecule has 5 nitrogen and oxygen atoms in total. The van der Waals surface area contributed by atoms with Crippen LogP contribution in [0.1, 0.15) is 18.4 Å². The van der Waals surface area contributed by atoms with Gasteiger partial charge in [-0.15, -0.1) is 0 Å². The van der Waals surface area contributed by atoms with Crippen LogP contribution in [0.25, 0.3) is 0 Å². The van der Waals surface area contributed by atoms with Gasteiger partial charge in [-0.1, -0.05) is 12.1 Å². The maximum atomic E-state index is 12.1. The van der Waals surface area contributed by atoms with E-state index in [-0.39, 0.29) is 5.91 Å². The monoisotopic (exact) mass is 303 g/mol. The van der Waals surface area contributed by atoms with Crippen molar-refractivity contribution in [1.82, 2.24) is 15.1 Å². The molecule has 0 spiro atoms. The van der Waals surface area contributed by atoms with Crippen LogP contribution in [0.2, 0.25) is 0 Å². The lowest BCUT2D eigenvalue weighted by molar-refractivity contribution is -0.132. The lowest BCUT2D eigenvalue weighted by atomic mass is 10.2. The Bertz CT molecular complexity index is 508. The summed E-state index contributed by atoms with van der Waals surface area (Å²) in [5, 5.41) is 12.8. The summed E-state index contributed by atoms with van der Waals surface area (Å²) in [7, 11) is 0. The molecular weight excluding hydrogens is 278 g/mol. The number of nitrogens with zero attached hydrogens (tertiary/aromatic N) is 2. The zero-order chi connectivity index (χ0) is 15.4. The summed E-state index contributed by atoms with van der Waals surface area (Å²) in [5.74, 6) is 1.35. The topological polar surface area (TPSA) is 55.8 Å². The van der Waals surface area contributed by atoms with Crippen molar-refractivity contribution in [2.75, 3.05) is 39.3 Å². The molecule has 0 aromatic heterocycles. The summed E-state index contributed by atoms with van der Waals surface area (Å²) < 4.78 is 0. The fraction of sp³-hybridized carbons (Fsp3) is 0.588. The number of benzene rings is 1. The molecule has 2 fully saturated rings. The van der Waals surface area contributed by atoms with Crippen molar-refractivity contribution in [3.05, 3.63) is 29.8 Å². The number of hydrogen-bond donors (Lipinski definition) is 2. The normalized spacial score (nSPS) is 19.4. The van der Waals surface area contributed by atoms with E-state index < -0.39 is 0 Å². The van der Waals surface area contributed by atoms with E-state index in [1.807, 2.05) is 17.0 Å². The Kier molecular flexibility index (Phi) is 4.95. The molecule has 1 aliphatic heterocycles. The van der Waals surface area contributed by atoms with Crippen LogP contribution in [0, 0.1) is 5.92 Å². The molecule has 1 saturated carbocycles. The third kappa shape index (κ3) is 4.45. The Morgan fingerprint density at radius 2 is 2.00 bits per heavy atom. The molecule has 0 atom stereocenters. The van der Waals surface area contributed by atoms with Gasteiger partial charge in [-0.3, -0.25) is 9.69 Å². The number of piperazine rings is 1. The summed E-state index contributed by atoms with van der Waals surface area (Å²) in [6, 6.07) is 7.39. The molecule has 1 aromatic rings. The number of phenolic OH excluding ortho intramolecular Hbond substituents is 1. The molecule has 0 unspecified atom stereocenters. The molecule has 1 aliphatic carbocycles. The van der Waals surface area contributed by atoms with Gasteiger partial charge in [0.05, 0.1) is 6.54 Å². The smallest absolute Gasteiger partial charge is 0.236 e. The van der Waals surface area contributed by atoms with E-state index in [0.29, 0.717) is 12.3 Å². The number of phenols is 1. The van der Waals surface area contributed by atoms with Crippen molar-refractivity contribution in [3.8, 4) is 5.75 Å². The summed E-state index contributed by atoms with van der Waals surface area (Å²) in [4.78, 5) is 16.4. The minimum Gasteiger partial charge on any atom is -0.508 e. The molecule has 3 rings (SSSR count). The fourth-order valence-electron chi connectivity index (χ4n) is 2.89. The number of rotatable bonds is 6. The molecule has 2 aliphatic rings. The SMILES string of the molecule is O=C(CNCC1CC1)N1CCN(Cc2cccc(O)c2)CC1. The molecule has 1 amide bonds. The maximum absolute atomic E-state index is 12.1. The van der Waals surface area contributed by atoms with Crippen molar-refractivity contribution < 1.29 is 9.90 Å². The Balaban J connectivity index is 1.38. The van der Waals surface area contributed by atoms with Crippen LogP contribution in [0.15, 0.2) is 24.3 Å². The quantitative estimate of drug-likeness (QED) is 0.824. The van der Waals surface area contributed by atoms with Gasteiger partial charge in [-0.2, -0.15) is 0 Å². The molecule has 0 bridgehead atoms. The molecule has 1 aromatic carbocycles. The van der Waals surface area contributed by atoms with Gasteiger partial charge in [0.25, 0.3) is 0 Å². The second kappa shape index (κ2) is 7.11. The average Bonchev–Trinajstić information content (AvgIpc) is 3.32. The summed E-state index contributed by atoms with van der Waals surface area (Å²) in [6.07, 6.45) is 2.63. The first-order valence-corrected chi connectivity index (χ1v) is 8.19. The van der Waals surface area contributed by atoms with Crippen LogP contribution in [-0.2, 0) is 11.3 Å². The summed E-state index contributed by atoms with van der Waals surface area (Å²) in [5.41, 5.74) is 1.12. The molecule has 120 valence electrons. The largest absolute Gasteiger partial charge is 0.508 e. The van der Waals surface area contributed by atoms with Gasteiger partial charge in [0, 0.05) is 32.7 Å². The van der Waals surface area contributed by atoms with Crippen molar-refractivity contribution in [1.29, 1.82) is 0 Å². The van der Waals surface area contributed by atoms with E-state index in [0.717, 1.165) is 50.7 Å². The fourth-order valence-corrected chi connectivity index (χ4v) is 2.89. The van der Waals surface area contributed by atoms with Crippen molar-refractivity contribution >= 4 is 5.91 Å². The van der Waals surface area contributed by atoms with Gasteiger partial charge in [-0.25, -0.2) is 0 Å². The first kappa shape index (κ1) is 15.3. The summed E-state index contributed by atoms with van der Waals surface area (Å²) in [6.45, 7) is 5.67. The number of carbonyl (C=O) groups is 1. The number of hydrogen-bond acceptors (Lipinski definition) is 4. The van der Waals surface area contributed by atoms with E-state index in [9.17, 15) is 9.90 Å². The van der Waals surface area contributed by atoms with Crippen LogP contribution in [0.3, 0.4) is 0 Å². The van der Waals surface area contributed by atoms with Gasteiger partial charge < -0.3 is 15.3 Å². The van der Waals surface area contributed by atoms with Crippen molar-refractivity contribution in [2.45, 2.75) is 19.4 Å². The molecule has 2 N–H and O–H groups in total. The molecule has 1 heterocycles. The van der Waals surface area contributed by atoms with Gasteiger partial charge in [0.2, 0.25) is 5.91 Å². The first-order chi connectivity index (χ1) is 10.7. The third-order valence-electron chi connectivity index (χ3n) is 4.45. The molecule has 0 radical (unpaired) electrons. The number of aromatic hydroxyl groups is 1. The number of amides is 1. The van der Waals surface area contributed by atoms with Crippen molar-refractivity contribution in [3.63, 3.8) is 0 Å². The minimum atomic E-state index is 0.220. The zero-order valence-corrected chi connectivity index (χ0v) is 13.0. The highest BCUT2D eigenvalue weighted by atomic mass is 16.3. The Morgan fingerprint density at radius 1 is 1.23 bits per heavy atom. The van der Waals surface area contributed by atoms with Crippen molar-refractivity contribution in [2.24, 2.45) is 5.92 Å². The summed E-state index contributed by atoms with van der Waals surface area (Å²) >= 11 is 0. The Morgan fingerprint density at radius 3 is 2.68 bits per heavy atom. The van der Waals surface area contributed by atoms with Crippen LogP contribution in [0.4, 0.5) is 0 Å². The molecule has 5 heteroatoms. The lowest BCUT2D eigenvalue weighted by Crippen LogP contribution is -2.50. The minimum absolute atomic E-state index is 0.220. The molecule has 1 saturated heterocycles. The second-order valence-corrected chi connectivity index (χ2v) is 6.40. The van der Waals surface area contributed by atoms with E-state index in [2.05, 4.69) is 10.2 Å². The zero-order valence-electron chi connectivity index (χ0n) is 13.0. The Hall–Kier alpha value is -1.59. The standard InChI is InChI=1S/C17H25N3O2/c21-16-3-1-2-15(10-16)13-19-6-8-20(9-7-19)17(22)12-18-11-14-4-5-14/h1-3,10,14,18,21H,4-9,11-13H2.